The summed E-state index contributed by atoms with van der Waals surface area (Å²) >= 11 is 6.10. The Morgan fingerprint density at radius 3 is 2.48 bits per heavy atom. The fourth-order valence-electron chi connectivity index (χ4n) is 2.36. The highest BCUT2D eigenvalue weighted by Gasteiger charge is 2.20. The minimum Gasteiger partial charge on any atom is -0.495 e. The molecule has 1 aromatic heterocycles. The molecule has 1 heterocycles. The van der Waals surface area contributed by atoms with Crippen LogP contribution in [0.5, 0.6) is 11.5 Å². The molecule has 8 nitrogen and oxygen atoms in total. The molecule has 0 radical (unpaired) electrons. The number of rotatable bonds is 6. The topological polar surface area (TPSA) is 104 Å². The Hall–Kier alpha value is -2.78. The van der Waals surface area contributed by atoms with E-state index in [1.54, 1.807) is 19.1 Å². The normalized spacial score (nSPS) is 11.3. The second-order valence-corrected chi connectivity index (χ2v) is 7.55. The Bertz CT molecular complexity index is 1080. The first kappa shape index (κ1) is 19.0. The number of benzene rings is 2. The first-order valence-corrected chi connectivity index (χ1v) is 9.55. The van der Waals surface area contributed by atoms with Gasteiger partial charge in [-0.15, -0.1) is 0 Å². The molecule has 0 saturated heterocycles. The molecule has 0 saturated carbocycles. The zero-order chi connectivity index (χ0) is 19.6. The number of aryl methyl sites for hydroxylation is 1. The number of ether oxygens (including phenoxy) is 2. The zero-order valence-electron chi connectivity index (χ0n) is 14.7. The van der Waals surface area contributed by atoms with Crippen molar-refractivity contribution in [1.82, 2.24) is 10.1 Å². The van der Waals surface area contributed by atoms with Gasteiger partial charge in [0.2, 0.25) is 11.7 Å². The lowest BCUT2D eigenvalue weighted by atomic mass is 10.2. The molecule has 3 rings (SSSR count). The van der Waals surface area contributed by atoms with Crippen LogP contribution in [0, 0.1) is 6.92 Å². The summed E-state index contributed by atoms with van der Waals surface area (Å²) in [5.41, 5.74) is 0.693. The van der Waals surface area contributed by atoms with E-state index in [2.05, 4.69) is 14.9 Å². The SMILES string of the molecule is COc1cc(OC)c(NS(=O)(=O)c2cccc(-c3noc(C)n3)c2)cc1Cl. The van der Waals surface area contributed by atoms with Crippen LogP contribution < -0.4 is 14.2 Å². The van der Waals surface area contributed by atoms with Crippen LogP contribution in [0.3, 0.4) is 0 Å². The molecular weight excluding hydrogens is 394 g/mol. The van der Waals surface area contributed by atoms with E-state index in [1.807, 2.05) is 0 Å². The molecule has 0 unspecified atom stereocenters. The van der Waals surface area contributed by atoms with Gasteiger partial charge in [-0.05, 0) is 18.2 Å². The van der Waals surface area contributed by atoms with Gasteiger partial charge in [-0.2, -0.15) is 4.98 Å². The molecule has 1 N–H and O–H groups in total. The van der Waals surface area contributed by atoms with Crippen molar-refractivity contribution < 1.29 is 22.4 Å². The molecule has 2 aromatic carbocycles. The van der Waals surface area contributed by atoms with E-state index in [0.29, 0.717) is 23.0 Å². The van der Waals surface area contributed by atoms with Crippen molar-refractivity contribution in [1.29, 1.82) is 0 Å². The van der Waals surface area contributed by atoms with Gasteiger partial charge < -0.3 is 14.0 Å². The molecule has 0 spiro atoms. The fourth-order valence-corrected chi connectivity index (χ4v) is 3.71. The largest absolute Gasteiger partial charge is 0.495 e. The summed E-state index contributed by atoms with van der Waals surface area (Å²) in [6.07, 6.45) is 0. The first-order chi connectivity index (χ1) is 12.8. The summed E-state index contributed by atoms with van der Waals surface area (Å²) in [5.74, 6) is 1.32. The summed E-state index contributed by atoms with van der Waals surface area (Å²) in [5, 5.41) is 4.04. The minimum atomic E-state index is -3.92. The third-order valence-corrected chi connectivity index (χ3v) is 5.31. The van der Waals surface area contributed by atoms with Crippen LogP contribution in [-0.2, 0) is 10.0 Å². The Balaban J connectivity index is 1.97. The van der Waals surface area contributed by atoms with Crippen LogP contribution >= 0.6 is 11.6 Å². The summed E-state index contributed by atoms with van der Waals surface area (Å²) in [7, 11) is -1.05. The molecule has 142 valence electrons. The highest BCUT2D eigenvalue weighted by Crippen LogP contribution is 2.37. The predicted molar refractivity (Wildman–Crippen MR) is 99.8 cm³/mol. The van der Waals surface area contributed by atoms with Crippen LogP contribution in [0.15, 0.2) is 45.8 Å². The molecule has 10 heteroatoms. The van der Waals surface area contributed by atoms with Gasteiger partial charge in [0.25, 0.3) is 10.0 Å². The molecule has 0 atom stereocenters. The molecule has 0 fully saturated rings. The van der Waals surface area contributed by atoms with Gasteiger partial charge in [0.1, 0.15) is 11.5 Å². The van der Waals surface area contributed by atoms with Crippen LogP contribution in [0.4, 0.5) is 5.69 Å². The van der Waals surface area contributed by atoms with E-state index >= 15 is 0 Å². The number of anilines is 1. The summed E-state index contributed by atoms with van der Waals surface area (Å²) in [6.45, 7) is 1.65. The zero-order valence-corrected chi connectivity index (χ0v) is 16.3. The number of halogens is 1. The third kappa shape index (κ3) is 3.99. The average Bonchev–Trinajstić information content (AvgIpc) is 3.08. The molecule has 27 heavy (non-hydrogen) atoms. The van der Waals surface area contributed by atoms with Crippen LogP contribution in [0.2, 0.25) is 5.02 Å². The number of methoxy groups -OCH3 is 2. The van der Waals surface area contributed by atoms with Gasteiger partial charge in [0.05, 0.1) is 29.8 Å². The molecule has 0 aliphatic rings. The van der Waals surface area contributed by atoms with E-state index in [1.165, 1.54) is 38.5 Å². The van der Waals surface area contributed by atoms with Crippen LogP contribution in [-0.4, -0.2) is 32.8 Å². The highest BCUT2D eigenvalue weighted by atomic mass is 35.5. The van der Waals surface area contributed by atoms with Crippen molar-refractivity contribution in [3.05, 3.63) is 47.3 Å². The molecule has 0 amide bonds. The molecule has 0 aliphatic carbocycles. The highest BCUT2D eigenvalue weighted by molar-refractivity contribution is 7.92. The van der Waals surface area contributed by atoms with Gasteiger partial charge >= 0.3 is 0 Å². The summed E-state index contributed by atoms with van der Waals surface area (Å²) in [4.78, 5) is 4.13. The predicted octanol–water partition coefficient (Wildman–Crippen LogP) is 3.52. The lowest BCUT2D eigenvalue weighted by molar-refractivity contribution is 0.394. The van der Waals surface area contributed by atoms with Crippen molar-refractivity contribution in [2.24, 2.45) is 0 Å². The second kappa shape index (κ2) is 7.45. The van der Waals surface area contributed by atoms with E-state index in [0.717, 1.165) is 0 Å². The lowest BCUT2D eigenvalue weighted by Crippen LogP contribution is -2.14. The number of nitrogens with zero attached hydrogens (tertiary/aromatic N) is 2. The number of sulfonamides is 1. The smallest absolute Gasteiger partial charge is 0.262 e. The monoisotopic (exact) mass is 409 g/mol. The van der Waals surface area contributed by atoms with Crippen molar-refractivity contribution in [2.75, 3.05) is 18.9 Å². The molecular formula is C17H16ClN3O5S. The van der Waals surface area contributed by atoms with Crippen molar-refractivity contribution in [3.63, 3.8) is 0 Å². The van der Waals surface area contributed by atoms with E-state index in [4.69, 9.17) is 25.6 Å². The Kier molecular flexibility index (Phi) is 5.24. The standard InChI is InChI=1S/C17H16ClN3O5S/c1-10-19-17(20-26-10)11-5-4-6-12(7-11)27(22,23)21-14-8-13(18)15(24-2)9-16(14)25-3/h4-9,21H,1-3H3. The Labute approximate surface area is 161 Å². The van der Waals surface area contributed by atoms with Gasteiger partial charge in [-0.3, -0.25) is 4.72 Å². The molecule has 0 aliphatic heterocycles. The maximum Gasteiger partial charge on any atom is 0.262 e. The first-order valence-electron chi connectivity index (χ1n) is 7.69. The summed E-state index contributed by atoms with van der Waals surface area (Å²) < 4.78 is 43.4. The maximum atomic E-state index is 12.8. The lowest BCUT2D eigenvalue weighted by Gasteiger charge is -2.14. The number of hydrogen-bond donors (Lipinski definition) is 1. The quantitative estimate of drug-likeness (QED) is 0.664. The summed E-state index contributed by atoms with van der Waals surface area (Å²) in [6, 6.07) is 9.10. The van der Waals surface area contributed by atoms with Crippen molar-refractivity contribution >= 4 is 27.3 Å². The van der Waals surface area contributed by atoms with Gasteiger partial charge in [0, 0.05) is 18.6 Å². The fraction of sp³-hybridized carbons (Fsp3) is 0.176. The number of aromatic nitrogens is 2. The van der Waals surface area contributed by atoms with Crippen LogP contribution in [0.1, 0.15) is 5.89 Å². The van der Waals surface area contributed by atoms with E-state index < -0.39 is 10.0 Å². The van der Waals surface area contributed by atoms with Gasteiger partial charge in [-0.1, -0.05) is 28.9 Å². The van der Waals surface area contributed by atoms with Crippen molar-refractivity contribution in [2.45, 2.75) is 11.8 Å². The average molecular weight is 410 g/mol. The molecule has 0 bridgehead atoms. The van der Waals surface area contributed by atoms with Gasteiger partial charge in [-0.25, -0.2) is 8.42 Å². The maximum absolute atomic E-state index is 12.8. The van der Waals surface area contributed by atoms with Crippen molar-refractivity contribution in [3.8, 4) is 22.9 Å². The number of nitrogens with one attached hydrogen (secondary N) is 1. The molecule has 3 aromatic rings. The second-order valence-electron chi connectivity index (χ2n) is 5.46. The minimum absolute atomic E-state index is 0.0245. The van der Waals surface area contributed by atoms with E-state index in [-0.39, 0.29) is 21.4 Å². The Morgan fingerprint density at radius 1 is 1.11 bits per heavy atom. The van der Waals surface area contributed by atoms with E-state index in [9.17, 15) is 8.42 Å². The number of hydrogen-bond acceptors (Lipinski definition) is 7. The van der Waals surface area contributed by atoms with Gasteiger partial charge in [0.15, 0.2) is 0 Å². The van der Waals surface area contributed by atoms with Crippen LogP contribution in [0.25, 0.3) is 11.4 Å². The third-order valence-electron chi connectivity index (χ3n) is 3.65. The Morgan fingerprint density at radius 2 is 1.85 bits per heavy atom.